The van der Waals surface area contributed by atoms with Crippen molar-refractivity contribution in [1.29, 1.82) is 0 Å². The molecule has 0 aromatic carbocycles. The third-order valence-electron chi connectivity index (χ3n) is 0.934. The summed E-state index contributed by atoms with van der Waals surface area (Å²) < 4.78 is 3.57. The second-order valence-corrected chi connectivity index (χ2v) is 2.53. The maximum atomic E-state index is 10.2. The molecule has 10 heavy (non-hydrogen) atoms. The van der Waals surface area contributed by atoms with E-state index in [1.165, 1.54) is 6.07 Å². The average Bonchev–Trinajstić information content (AvgIpc) is 2.34. The van der Waals surface area contributed by atoms with Gasteiger partial charge in [0.1, 0.15) is 0 Å². The van der Waals surface area contributed by atoms with Crippen molar-refractivity contribution in [2.75, 3.05) is 0 Å². The van der Waals surface area contributed by atoms with Gasteiger partial charge < -0.3 is 10.2 Å². The fourth-order valence-corrected chi connectivity index (χ4v) is 1.06. The molecule has 1 aromatic heterocycles. The van der Waals surface area contributed by atoms with Crippen LogP contribution in [0.15, 0.2) is 6.07 Å². The molecular formula is C5H5NO3S. The van der Waals surface area contributed by atoms with Crippen LogP contribution in [0.4, 0.5) is 0 Å². The number of carboxylic acids is 1. The van der Waals surface area contributed by atoms with E-state index in [2.05, 4.69) is 4.37 Å². The minimum Gasteiger partial charge on any atom is -0.476 e. The minimum atomic E-state index is -1.06. The SMILES string of the molecule is O=C(O)c1cc(CO)sn1. The van der Waals surface area contributed by atoms with Gasteiger partial charge in [0.2, 0.25) is 0 Å². The molecule has 0 atom stereocenters. The Hall–Kier alpha value is -0.940. The van der Waals surface area contributed by atoms with Crippen LogP contribution in [-0.4, -0.2) is 20.6 Å². The van der Waals surface area contributed by atoms with Crippen molar-refractivity contribution in [2.45, 2.75) is 6.61 Å². The maximum Gasteiger partial charge on any atom is 0.355 e. The number of hydrogen-bond acceptors (Lipinski definition) is 4. The Morgan fingerprint density at radius 1 is 1.80 bits per heavy atom. The Kier molecular flexibility index (Phi) is 1.98. The van der Waals surface area contributed by atoms with Gasteiger partial charge in [0, 0.05) is 0 Å². The first-order valence-electron chi connectivity index (χ1n) is 2.54. The van der Waals surface area contributed by atoms with Crippen LogP contribution in [0.25, 0.3) is 0 Å². The first kappa shape index (κ1) is 7.17. The van der Waals surface area contributed by atoms with Crippen LogP contribution in [0, 0.1) is 0 Å². The van der Waals surface area contributed by atoms with Gasteiger partial charge in [-0.1, -0.05) is 0 Å². The lowest BCUT2D eigenvalue weighted by Gasteiger charge is -1.80. The second-order valence-electron chi connectivity index (χ2n) is 1.64. The van der Waals surface area contributed by atoms with Crippen molar-refractivity contribution in [3.63, 3.8) is 0 Å². The van der Waals surface area contributed by atoms with Gasteiger partial charge in [-0.3, -0.25) is 0 Å². The third-order valence-corrected chi connectivity index (χ3v) is 1.70. The molecule has 0 unspecified atom stereocenters. The predicted octanol–water partition coefficient (Wildman–Crippen LogP) is 0.334. The Bertz CT molecular complexity index is 245. The molecule has 0 saturated carbocycles. The normalized spacial score (nSPS) is 9.70. The summed E-state index contributed by atoms with van der Waals surface area (Å²) in [7, 11) is 0. The molecule has 0 spiro atoms. The molecule has 0 saturated heterocycles. The van der Waals surface area contributed by atoms with Crippen molar-refractivity contribution in [3.05, 3.63) is 16.6 Å². The van der Waals surface area contributed by atoms with E-state index in [0.29, 0.717) is 4.88 Å². The number of nitrogens with zero attached hydrogens (tertiary/aromatic N) is 1. The summed E-state index contributed by atoms with van der Waals surface area (Å²) in [5.74, 6) is -1.06. The zero-order valence-electron chi connectivity index (χ0n) is 4.94. The number of aliphatic hydroxyl groups excluding tert-OH is 1. The van der Waals surface area contributed by atoms with Crippen molar-refractivity contribution >= 4 is 17.5 Å². The molecule has 1 heterocycles. The highest BCUT2D eigenvalue weighted by Gasteiger charge is 2.06. The van der Waals surface area contributed by atoms with E-state index >= 15 is 0 Å². The lowest BCUT2D eigenvalue weighted by Crippen LogP contribution is -1.94. The molecule has 0 fully saturated rings. The average molecular weight is 159 g/mol. The standard InChI is InChI=1S/C5H5NO3S/c7-2-3-1-4(5(8)9)6-10-3/h1,7H,2H2,(H,8,9). The lowest BCUT2D eigenvalue weighted by molar-refractivity contribution is 0.0692. The number of carbonyl (C=O) groups is 1. The fraction of sp³-hybridized carbons (Fsp3) is 0.200. The number of carboxylic acid groups (broad SMARTS) is 1. The second kappa shape index (κ2) is 2.76. The summed E-state index contributed by atoms with van der Waals surface area (Å²) in [6.45, 7) is -0.148. The third kappa shape index (κ3) is 1.31. The van der Waals surface area contributed by atoms with Crippen molar-refractivity contribution in [3.8, 4) is 0 Å². The lowest BCUT2D eigenvalue weighted by atomic mass is 10.4. The first-order chi connectivity index (χ1) is 4.74. The molecule has 1 aromatic rings. The summed E-state index contributed by atoms with van der Waals surface area (Å²) in [6, 6.07) is 1.35. The van der Waals surface area contributed by atoms with Crippen molar-refractivity contribution in [1.82, 2.24) is 4.37 Å². The molecule has 5 heteroatoms. The number of hydrogen-bond donors (Lipinski definition) is 2. The van der Waals surface area contributed by atoms with Gasteiger partial charge in [-0.2, -0.15) is 4.37 Å². The van der Waals surface area contributed by atoms with Gasteiger partial charge >= 0.3 is 5.97 Å². The van der Waals surface area contributed by atoms with Gasteiger partial charge in [-0.25, -0.2) is 4.79 Å². The van der Waals surface area contributed by atoms with Crippen LogP contribution in [0.1, 0.15) is 15.4 Å². The molecule has 0 radical (unpaired) electrons. The largest absolute Gasteiger partial charge is 0.476 e. The maximum absolute atomic E-state index is 10.2. The van der Waals surface area contributed by atoms with E-state index in [9.17, 15) is 4.79 Å². The molecule has 0 aliphatic rings. The number of aliphatic hydroxyl groups is 1. The minimum absolute atomic E-state index is 0.00551. The van der Waals surface area contributed by atoms with Crippen LogP contribution >= 0.6 is 11.5 Å². The van der Waals surface area contributed by atoms with Crippen LogP contribution in [-0.2, 0) is 6.61 Å². The zero-order valence-corrected chi connectivity index (χ0v) is 5.76. The van der Waals surface area contributed by atoms with E-state index in [1.807, 2.05) is 0 Å². The molecule has 2 N–H and O–H groups in total. The Morgan fingerprint density at radius 3 is 2.80 bits per heavy atom. The highest BCUT2D eigenvalue weighted by atomic mass is 32.1. The first-order valence-corrected chi connectivity index (χ1v) is 3.31. The molecular weight excluding hydrogens is 154 g/mol. The zero-order chi connectivity index (χ0) is 7.56. The van der Waals surface area contributed by atoms with Crippen molar-refractivity contribution in [2.24, 2.45) is 0 Å². The molecule has 54 valence electrons. The van der Waals surface area contributed by atoms with Crippen LogP contribution < -0.4 is 0 Å². The van der Waals surface area contributed by atoms with Gasteiger partial charge in [0.25, 0.3) is 0 Å². The van der Waals surface area contributed by atoms with E-state index in [4.69, 9.17) is 10.2 Å². The van der Waals surface area contributed by atoms with Gasteiger partial charge in [0.15, 0.2) is 5.69 Å². The number of rotatable bonds is 2. The highest BCUT2D eigenvalue weighted by molar-refractivity contribution is 7.05. The summed E-state index contributed by atoms with van der Waals surface area (Å²) in [5, 5.41) is 16.9. The predicted molar refractivity (Wildman–Crippen MR) is 35.0 cm³/mol. The van der Waals surface area contributed by atoms with E-state index < -0.39 is 5.97 Å². The molecule has 0 aliphatic heterocycles. The highest BCUT2D eigenvalue weighted by Crippen LogP contribution is 2.08. The summed E-state index contributed by atoms with van der Waals surface area (Å²) in [5.41, 5.74) is -0.00551. The van der Waals surface area contributed by atoms with E-state index in [0.717, 1.165) is 11.5 Å². The van der Waals surface area contributed by atoms with Gasteiger partial charge in [-0.15, -0.1) is 0 Å². The Balaban J connectivity index is 2.88. The topological polar surface area (TPSA) is 70.4 Å². The summed E-state index contributed by atoms with van der Waals surface area (Å²) >= 11 is 0.997. The quantitative estimate of drug-likeness (QED) is 0.652. The summed E-state index contributed by atoms with van der Waals surface area (Å²) in [6.07, 6.45) is 0. The molecule has 0 aliphatic carbocycles. The summed E-state index contributed by atoms with van der Waals surface area (Å²) in [4.78, 5) is 10.8. The van der Waals surface area contributed by atoms with Crippen LogP contribution in [0.3, 0.4) is 0 Å². The molecule has 4 nitrogen and oxygen atoms in total. The molecule has 1 rings (SSSR count). The Morgan fingerprint density at radius 2 is 2.50 bits per heavy atom. The van der Waals surface area contributed by atoms with E-state index in [-0.39, 0.29) is 12.3 Å². The monoisotopic (exact) mass is 159 g/mol. The smallest absolute Gasteiger partial charge is 0.355 e. The Labute approximate surface area is 60.9 Å². The fourth-order valence-electron chi connectivity index (χ4n) is 0.488. The number of aromatic nitrogens is 1. The number of aromatic carboxylic acids is 1. The van der Waals surface area contributed by atoms with Crippen LogP contribution in [0.5, 0.6) is 0 Å². The molecule has 0 amide bonds. The van der Waals surface area contributed by atoms with Crippen molar-refractivity contribution < 1.29 is 15.0 Å². The van der Waals surface area contributed by atoms with E-state index in [1.54, 1.807) is 0 Å². The van der Waals surface area contributed by atoms with Gasteiger partial charge in [0.05, 0.1) is 11.5 Å². The molecule has 0 bridgehead atoms. The van der Waals surface area contributed by atoms with Crippen LogP contribution in [0.2, 0.25) is 0 Å². The van der Waals surface area contributed by atoms with Gasteiger partial charge in [-0.05, 0) is 17.6 Å².